The van der Waals surface area contributed by atoms with E-state index in [-0.39, 0.29) is 0 Å². The van der Waals surface area contributed by atoms with Crippen molar-refractivity contribution in [1.82, 2.24) is 0 Å². The molecule has 0 aliphatic carbocycles. The van der Waals surface area contributed by atoms with Gasteiger partial charge in [-0.25, -0.2) is 4.79 Å². The minimum absolute atomic E-state index is 0.323. The van der Waals surface area contributed by atoms with Crippen LogP contribution in [0.3, 0.4) is 0 Å². The molecule has 0 heterocycles. The van der Waals surface area contributed by atoms with Gasteiger partial charge in [0.05, 0.1) is 18.9 Å². The van der Waals surface area contributed by atoms with Gasteiger partial charge in [-0.15, -0.1) is 0 Å². The monoisotopic (exact) mass is 220 g/mol. The van der Waals surface area contributed by atoms with Crippen LogP contribution in [-0.2, 0) is 4.74 Å². The van der Waals surface area contributed by atoms with E-state index in [0.29, 0.717) is 11.5 Å². The van der Waals surface area contributed by atoms with Crippen molar-refractivity contribution in [3.63, 3.8) is 0 Å². The molecule has 0 unspecified atom stereocenters. The Bertz CT molecular complexity index is 365. The van der Waals surface area contributed by atoms with Crippen LogP contribution in [0.15, 0.2) is 36.6 Å². The molecule has 0 bridgehead atoms. The fraction of sp³-hybridized carbons (Fsp3) is 0.308. The molecule has 0 aliphatic heterocycles. The Labute approximate surface area is 95.4 Å². The highest BCUT2D eigenvalue weighted by molar-refractivity contribution is 5.87. The maximum absolute atomic E-state index is 10.7. The smallest absolute Gasteiger partial charge is 0.335 e. The predicted molar refractivity (Wildman–Crippen MR) is 62.6 cm³/mol. The zero-order valence-electron chi connectivity index (χ0n) is 9.51. The lowest BCUT2D eigenvalue weighted by molar-refractivity contribution is 0.0697. The Hall–Kier alpha value is -1.77. The first kappa shape index (κ1) is 12.3. The number of aromatic carboxylic acids is 1. The minimum atomic E-state index is -0.890. The summed E-state index contributed by atoms with van der Waals surface area (Å²) in [7, 11) is 1.61. The zero-order chi connectivity index (χ0) is 12.0. The fourth-order valence-electron chi connectivity index (χ4n) is 1.45. The number of rotatable bonds is 5. The second kappa shape index (κ2) is 5.95. The molecule has 0 spiro atoms. The molecule has 0 saturated carbocycles. The normalized spacial score (nSPS) is 12.6. The maximum Gasteiger partial charge on any atom is 0.335 e. The van der Waals surface area contributed by atoms with Gasteiger partial charge in [-0.05, 0) is 36.1 Å². The number of methoxy groups -OCH3 is 1. The van der Waals surface area contributed by atoms with Crippen molar-refractivity contribution in [2.75, 3.05) is 7.11 Å². The molecular weight excluding hydrogens is 204 g/mol. The van der Waals surface area contributed by atoms with Gasteiger partial charge in [0.2, 0.25) is 0 Å². The van der Waals surface area contributed by atoms with Crippen LogP contribution in [0, 0.1) is 0 Å². The summed E-state index contributed by atoms with van der Waals surface area (Å²) >= 11 is 0. The lowest BCUT2D eigenvalue weighted by Gasteiger charge is -2.09. The van der Waals surface area contributed by atoms with E-state index in [4.69, 9.17) is 9.84 Å². The fourth-order valence-corrected chi connectivity index (χ4v) is 1.45. The van der Waals surface area contributed by atoms with Crippen LogP contribution in [0.25, 0.3) is 0 Å². The van der Waals surface area contributed by atoms with E-state index in [1.54, 1.807) is 25.5 Å². The number of hydrogen-bond donors (Lipinski definition) is 1. The summed E-state index contributed by atoms with van der Waals surface area (Å²) in [4.78, 5) is 10.7. The molecule has 0 aromatic heterocycles. The Morgan fingerprint density at radius 2 is 2.06 bits per heavy atom. The van der Waals surface area contributed by atoms with Gasteiger partial charge in [0.1, 0.15) is 0 Å². The predicted octanol–water partition coefficient (Wildman–Crippen LogP) is 3.04. The van der Waals surface area contributed by atoms with Crippen molar-refractivity contribution in [2.24, 2.45) is 0 Å². The van der Waals surface area contributed by atoms with Gasteiger partial charge in [-0.1, -0.05) is 19.1 Å². The average molecular weight is 220 g/mol. The molecular formula is C13H16O3. The number of hydrogen-bond acceptors (Lipinski definition) is 2. The van der Waals surface area contributed by atoms with Gasteiger partial charge >= 0.3 is 5.97 Å². The maximum atomic E-state index is 10.7. The molecule has 0 saturated heterocycles. The lowest BCUT2D eigenvalue weighted by atomic mass is 9.97. The topological polar surface area (TPSA) is 46.5 Å². The van der Waals surface area contributed by atoms with Gasteiger partial charge < -0.3 is 9.84 Å². The average Bonchev–Trinajstić information content (AvgIpc) is 2.29. The van der Waals surface area contributed by atoms with E-state index < -0.39 is 5.97 Å². The van der Waals surface area contributed by atoms with Crippen molar-refractivity contribution in [3.8, 4) is 0 Å². The van der Waals surface area contributed by atoms with E-state index in [0.717, 1.165) is 12.0 Å². The summed E-state index contributed by atoms with van der Waals surface area (Å²) in [6.07, 6.45) is 4.48. The van der Waals surface area contributed by atoms with Gasteiger partial charge in [-0.2, -0.15) is 0 Å². The van der Waals surface area contributed by atoms with Crippen molar-refractivity contribution in [1.29, 1.82) is 0 Å². The van der Waals surface area contributed by atoms with Crippen LogP contribution < -0.4 is 0 Å². The van der Waals surface area contributed by atoms with Crippen molar-refractivity contribution in [3.05, 3.63) is 47.7 Å². The van der Waals surface area contributed by atoms with Gasteiger partial charge in [0.25, 0.3) is 0 Å². The van der Waals surface area contributed by atoms with E-state index in [1.807, 2.05) is 18.2 Å². The highest BCUT2D eigenvalue weighted by Crippen LogP contribution is 2.19. The second-order valence-corrected chi connectivity index (χ2v) is 3.67. The van der Waals surface area contributed by atoms with Crippen LogP contribution in [0.1, 0.15) is 35.2 Å². The number of carboxylic acid groups (broad SMARTS) is 1. The minimum Gasteiger partial charge on any atom is -0.505 e. The Kier molecular flexibility index (Phi) is 4.58. The standard InChI is InChI=1S/C13H16O3/c1-10(4-3-9-16-2)11-5-7-12(8-6-11)13(14)15/h3,5-10H,4H2,1-2H3,(H,14,15)/b9-3+/t10-/m1/s1. The van der Waals surface area contributed by atoms with Crippen LogP contribution in [0.5, 0.6) is 0 Å². The second-order valence-electron chi connectivity index (χ2n) is 3.67. The molecule has 1 atom stereocenters. The van der Waals surface area contributed by atoms with Crippen LogP contribution in [-0.4, -0.2) is 18.2 Å². The lowest BCUT2D eigenvalue weighted by Crippen LogP contribution is -1.97. The molecule has 0 amide bonds. The van der Waals surface area contributed by atoms with Crippen LogP contribution in [0.2, 0.25) is 0 Å². The number of benzene rings is 1. The van der Waals surface area contributed by atoms with E-state index in [9.17, 15) is 4.79 Å². The molecule has 0 fully saturated rings. The summed E-state index contributed by atoms with van der Waals surface area (Å²) in [6.45, 7) is 2.09. The first-order chi connectivity index (χ1) is 7.65. The zero-order valence-corrected chi connectivity index (χ0v) is 9.51. The molecule has 3 heteroatoms. The summed E-state index contributed by atoms with van der Waals surface area (Å²) < 4.78 is 4.82. The number of carbonyl (C=O) groups is 1. The third-order valence-electron chi connectivity index (χ3n) is 2.45. The summed E-state index contributed by atoms with van der Waals surface area (Å²) in [5.74, 6) is -0.535. The summed E-state index contributed by atoms with van der Waals surface area (Å²) in [6, 6.07) is 6.98. The van der Waals surface area contributed by atoms with Gasteiger partial charge in [0, 0.05) is 0 Å². The van der Waals surface area contributed by atoms with Crippen LogP contribution in [0.4, 0.5) is 0 Å². The quantitative estimate of drug-likeness (QED) is 0.776. The molecule has 16 heavy (non-hydrogen) atoms. The van der Waals surface area contributed by atoms with Crippen LogP contribution >= 0.6 is 0 Å². The Balaban J connectivity index is 2.66. The molecule has 86 valence electrons. The molecule has 1 aromatic rings. The summed E-state index contributed by atoms with van der Waals surface area (Å²) in [5.41, 5.74) is 1.45. The molecule has 3 nitrogen and oxygen atoms in total. The number of carboxylic acids is 1. The van der Waals surface area contributed by atoms with Crippen molar-refractivity contribution < 1.29 is 14.6 Å². The van der Waals surface area contributed by atoms with E-state index in [2.05, 4.69) is 6.92 Å². The Morgan fingerprint density at radius 1 is 1.44 bits per heavy atom. The number of allylic oxidation sites excluding steroid dienone is 1. The third-order valence-corrected chi connectivity index (χ3v) is 2.45. The van der Waals surface area contributed by atoms with E-state index in [1.165, 1.54) is 0 Å². The SMILES string of the molecule is CO/C=C/C[C@@H](C)c1ccc(C(=O)O)cc1. The first-order valence-corrected chi connectivity index (χ1v) is 5.16. The van der Waals surface area contributed by atoms with Crippen molar-refractivity contribution in [2.45, 2.75) is 19.3 Å². The molecule has 0 radical (unpaired) electrons. The molecule has 1 aromatic carbocycles. The Morgan fingerprint density at radius 3 is 2.56 bits per heavy atom. The molecule has 1 N–H and O–H groups in total. The molecule has 1 rings (SSSR count). The third kappa shape index (κ3) is 3.42. The number of ether oxygens (including phenoxy) is 1. The highest BCUT2D eigenvalue weighted by atomic mass is 16.5. The van der Waals surface area contributed by atoms with Gasteiger partial charge in [0.15, 0.2) is 0 Å². The molecule has 0 aliphatic rings. The highest BCUT2D eigenvalue weighted by Gasteiger charge is 2.06. The van der Waals surface area contributed by atoms with E-state index >= 15 is 0 Å². The van der Waals surface area contributed by atoms with Crippen molar-refractivity contribution >= 4 is 5.97 Å². The summed E-state index contributed by atoms with van der Waals surface area (Å²) in [5, 5.41) is 8.76. The largest absolute Gasteiger partial charge is 0.505 e. The van der Waals surface area contributed by atoms with Gasteiger partial charge in [-0.3, -0.25) is 0 Å². The first-order valence-electron chi connectivity index (χ1n) is 5.16.